The van der Waals surface area contributed by atoms with Gasteiger partial charge in [-0.3, -0.25) is 0 Å². The van der Waals surface area contributed by atoms with E-state index in [1.54, 1.807) is 0 Å². The minimum absolute atomic E-state index is 0.157. The minimum Gasteiger partial charge on any atom is -0.0984 e. The summed E-state index contributed by atoms with van der Waals surface area (Å²) < 4.78 is 0. The maximum atomic E-state index is 3.94. The van der Waals surface area contributed by atoms with Gasteiger partial charge in [-0.1, -0.05) is 57.2 Å². The van der Waals surface area contributed by atoms with Crippen molar-refractivity contribution in [3.63, 3.8) is 0 Å². The molecule has 1 aliphatic rings. The number of fused-ring (bicyclic) bond motifs is 1. The molecule has 0 saturated carbocycles. The molecule has 0 unspecified atom stereocenters. The average molecular weight is 212 g/mol. The van der Waals surface area contributed by atoms with Crippen LogP contribution in [0.1, 0.15) is 44.4 Å². The number of hydrogen-bond donors (Lipinski definition) is 0. The van der Waals surface area contributed by atoms with Crippen molar-refractivity contribution in [1.29, 1.82) is 0 Å². The molecule has 0 bridgehead atoms. The van der Waals surface area contributed by atoms with Crippen molar-refractivity contribution >= 4 is 5.57 Å². The average Bonchev–Trinajstić information content (AvgIpc) is 2.47. The second-order valence-electron chi connectivity index (χ2n) is 5.10. The number of benzene rings is 1. The van der Waals surface area contributed by atoms with Crippen LogP contribution in [-0.2, 0) is 11.8 Å². The van der Waals surface area contributed by atoms with Gasteiger partial charge in [0.05, 0.1) is 0 Å². The first-order valence-corrected chi connectivity index (χ1v) is 6.00. The van der Waals surface area contributed by atoms with Crippen LogP contribution in [0.5, 0.6) is 0 Å². The highest BCUT2D eigenvalue weighted by Gasteiger charge is 2.33. The molecule has 0 fully saturated rings. The molecule has 0 radical (unpaired) electrons. The van der Waals surface area contributed by atoms with Crippen molar-refractivity contribution in [1.82, 2.24) is 0 Å². The van der Waals surface area contributed by atoms with Gasteiger partial charge in [-0.15, -0.1) is 0 Å². The predicted octanol–water partition coefficient (Wildman–Crippen LogP) is 4.50. The number of allylic oxidation sites excluding steroid dienone is 3. The molecule has 2 rings (SSSR count). The summed E-state index contributed by atoms with van der Waals surface area (Å²) in [6.45, 7) is 13.0. The first-order chi connectivity index (χ1) is 7.52. The third kappa shape index (κ3) is 1.36. The maximum absolute atomic E-state index is 3.94. The molecule has 0 heteroatoms. The Hall–Kier alpha value is -1.30. The van der Waals surface area contributed by atoms with Crippen LogP contribution in [0, 0.1) is 0 Å². The SMILES string of the molecule is C=CC1=C(C)C(C)(C)c2cc(CC)ccc21. The van der Waals surface area contributed by atoms with Crippen LogP contribution in [0.15, 0.2) is 36.4 Å². The lowest BCUT2D eigenvalue weighted by molar-refractivity contribution is 0.638. The van der Waals surface area contributed by atoms with E-state index in [-0.39, 0.29) is 5.41 Å². The first kappa shape index (κ1) is 11.2. The van der Waals surface area contributed by atoms with Crippen LogP contribution >= 0.6 is 0 Å². The molecule has 0 spiro atoms. The highest BCUT2D eigenvalue weighted by Crippen LogP contribution is 2.46. The zero-order valence-corrected chi connectivity index (χ0v) is 10.7. The summed E-state index contributed by atoms with van der Waals surface area (Å²) in [6, 6.07) is 6.84. The fraction of sp³-hybridized carbons (Fsp3) is 0.375. The van der Waals surface area contributed by atoms with E-state index in [2.05, 4.69) is 52.5 Å². The number of rotatable bonds is 2. The molecule has 1 aromatic carbocycles. The van der Waals surface area contributed by atoms with Gasteiger partial charge in [0.1, 0.15) is 0 Å². The molecule has 1 aromatic rings. The topological polar surface area (TPSA) is 0 Å². The van der Waals surface area contributed by atoms with Crippen molar-refractivity contribution in [2.24, 2.45) is 0 Å². The van der Waals surface area contributed by atoms with Crippen molar-refractivity contribution in [2.45, 2.75) is 39.5 Å². The molecule has 84 valence electrons. The van der Waals surface area contributed by atoms with E-state index < -0.39 is 0 Å². The molecule has 0 nitrogen and oxygen atoms in total. The molecular formula is C16H20. The largest absolute Gasteiger partial charge is 0.0984 e. The number of aryl methyl sites for hydroxylation is 1. The summed E-state index contributed by atoms with van der Waals surface area (Å²) in [5.41, 5.74) is 7.16. The van der Waals surface area contributed by atoms with E-state index in [1.807, 2.05) is 6.08 Å². The normalized spacial score (nSPS) is 17.5. The molecule has 0 N–H and O–H groups in total. The van der Waals surface area contributed by atoms with Crippen molar-refractivity contribution in [2.75, 3.05) is 0 Å². The van der Waals surface area contributed by atoms with Gasteiger partial charge >= 0.3 is 0 Å². The molecule has 0 aromatic heterocycles. The monoisotopic (exact) mass is 212 g/mol. The van der Waals surface area contributed by atoms with E-state index in [4.69, 9.17) is 0 Å². The Morgan fingerprint density at radius 3 is 2.56 bits per heavy atom. The molecule has 0 atom stereocenters. The molecule has 1 aliphatic carbocycles. The van der Waals surface area contributed by atoms with Gasteiger partial charge in [-0.2, -0.15) is 0 Å². The Bertz CT molecular complexity index is 473. The van der Waals surface area contributed by atoms with Gasteiger partial charge in [-0.25, -0.2) is 0 Å². The molecule has 0 amide bonds. The fourth-order valence-electron chi connectivity index (χ4n) is 2.57. The molecule has 0 aliphatic heterocycles. The summed E-state index contributed by atoms with van der Waals surface area (Å²) >= 11 is 0. The van der Waals surface area contributed by atoms with Crippen molar-refractivity contribution < 1.29 is 0 Å². The van der Waals surface area contributed by atoms with Gasteiger partial charge in [0, 0.05) is 5.41 Å². The summed E-state index contributed by atoms with van der Waals surface area (Å²) in [6.07, 6.45) is 3.10. The van der Waals surface area contributed by atoms with Crippen LogP contribution in [0.3, 0.4) is 0 Å². The summed E-state index contributed by atoms with van der Waals surface area (Å²) in [5.74, 6) is 0. The van der Waals surface area contributed by atoms with Crippen molar-refractivity contribution in [3.8, 4) is 0 Å². The van der Waals surface area contributed by atoms with E-state index in [9.17, 15) is 0 Å². The van der Waals surface area contributed by atoms with Crippen LogP contribution in [0.25, 0.3) is 5.57 Å². The van der Waals surface area contributed by atoms with Crippen molar-refractivity contribution in [3.05, 3.63) is 53.1 Å². The Labute approximate surface area is 98.7 Å². The standard InChI is InChI=1S/C16H20/c1-6-12-8-9-14-13(7-2)11(3)16(4,5)15(14)10-12/h7-10H,2,6H2,1,3-5H3. The minimum atomic E-state index is 0.157. The van der Waals surface area contributed by atoms with Gasteiger partial charge in [0.25, 0.3) is 0 Å². The fourth-order valence-corrected chi connectivity index (χ4v) is 2.57. The van der Waals surface area contributed by atoms with Crippen LogP contribution in [0.2, 0.25) is 0 Å². The van der Waals surface area contributed by atoms with E-state index in [0.29, 0.717) is 0 Å². The van der Waals surface area contributed by atoms with Gasteiger partial charge < -0.3 is 0 Å². The quantitative estimate of drug-likeness (QED) is 0.677. The lowest BCUT2D eigenvalue weighted by Crippen LogP contribution is -2.15. The zero-order chi connectivity index (χ0) is 11.9. The smallest absolute Gasteiger partial charge is 0.0118 e. The lowest BCUT2D eigenvalue weighted by atomic mass is 9.81. The second kappa shape index (κ2) is 3.62. The molecule has 0 heterocycles. The van der Waals surface area contributed by atoms with Gasteiger partial charge in [0.2, 0.25) is 0 Å². The van der Waals surface area contributed by atoms with E-state index in [1.165, 1.54) is 27.8 Å². The molecular weight excluding hydrogens is 192 g/mol. The van der Waals surface area contributed by atoms with Crippen LogP contribution in [-0.4, -0.2) is 0 Å². The van der Waals surface area contributed by atoms with E-state index in [0.717, 1.165) is 6.42 Å². The second-order valence-corrected chi connectivity index (χ2v) is 5.10. The molecule has 16 heavy (non-hydrogen) atoms. The first-order valence-electron chi connectivity index (χ1n) is 6.00. The third-order valence-electron chi connectivity index (χ3n) is 4.00. The lowest BCUT2D eigenvalue weighted by Gasteiger charge is -2.22. The van der Waals surface area contributed by atoms with Crippen LogP contribution in [0.4, 0.5) is 0 Å². The van der Waals surface area contributed by atoms with Gasteiger partial charge in [-0.05, 0) is 35.6 Å². The highest BCUT2D eigenvalue weighted by molar-refractivity contribution is 5.85. The Kier molecular flexibility index (Phi) is 2.53. The Morgan fingerprint density at radius 1 is 1.31 bits per heavy atom. The van der Waals surface area contributed by atoms with Crippen LogP contribution < -0.4 is 0 Å². The van der Waals surface area contributed by atoms with E-state index >= 15 is 0 Å². The zero-order valence-electron chi connectivity index (χ0n) is 10.7. The Morgan fingerprint density at radius 2 is 2.00 bits per heavy atom. The predicted molar refractivity (Wildman–Crippen MR) is 71.6 cm³/mol. The summed E-state index contributed by atoms with van der Waals surface area (Å²) in [4.78, 5) is 0. The van der Waals surface area contributed by atoms with Gasteiger partial charge in [0.15, 0.2) is 0 Å². The summed E-state index contributed by atoms with van der Waals surface area (Å²) in [7, 11) is 0. The third-order valence-corrected chi connectivity index (χ3v) is 4.00. The highest BCUT2D eigenvalue weighted by atomic mass is 14.4. The number of hydrogen-bond acceptors (Lipinski definition) is 0. The Balaban J connectivity index is 2.69. The summed E-state index contributed by atoms with van der Waals surface area (Å²) in [5, 5.41) is 0. The maximum Gasteiger partial charge on any atom is 0.0118 e. The molecule has 0 saturated heterocycles.